The SMILES string of the molecule is CC1CCS(C)(C2CCCCC2)C1. The van der Waals surface area contributed by atoms with Crippen molar-refractivity contribution in [2.45, 2.75) is 50.7 Å². The van der Waals surface area contributed by atoms with Crippen LogP contribution in [0.4, 0.5) is 0 Å². The van der Waals surface area contributed by atoms with Gasteiger partial charge in [-0.3, -0.25) is 0 Å². The highest BCUT2D eigenvalue weighted by Crippen LogP contribution is 2.59. The Kier molecular flexibility index (Phi) is 2.92. The van der Waals surface area contributed by atoms with E-state index < -0.39 is 0 Å². The summed E-state index contributed by atoms with van der Waals surface area (Å²) in [4.78, 5) is 0. The van der Waals surface area contributed by atoms with E-state index in [-0.39, 0.29) is 10.0 Å². The lowest BCUT2D eigenvalue weighted by Gasteiger charge is -2.42. The summed E-state index contributed by atoms with van der Waals surface area (Å²) in [5.74, 6) is 4.23. The van der Waals surface area contributed by atoms with Crippen molar-refractivity contribution in [2.75, 3.05) is 17.8 Å². The van der Waals surface area contributed by atoms with Gasteiger partial charge in [0.25, 0.3) is 0 Å². The van der Waals surface area contributed by atoms with Crippen molar-refractivity contribution in [3.05, 3.63) is 0 Å². The molecule has 2 rings (SSSR count). The Hall–Kier alpha value is 0.350. The smallest absolute Gasteiger partial charge is 0.0114 e. The maximum absolute atomic E-state index is 2.65. The summed E-state index contributed by atoms with van der Waals surface area (Å²) < 4.78 is 0. The Morgan fingerprint density at radius 3 is 2.23 bits per heavy atom. The van der Waals surface area contributed by atoms with Crippen molar-refractivity contribution in [3.63, 3.8) is 0 Å². The Labute approximate surface area is 84.8 Å². The highest BCUT2D eigenvalue weighted by molar-refractivity contribution is 8.33. The maximum atomic E-state index is 2.65. The van der Waals surface area contributed by atoms with Crippen LogP contribution in [-0.2, 0) is 0 Å². The quantitative estimate of drug-likeness (QED) is 0.604. The Balaban J connectivity index is 1.97. The van der Waals surface area contributed by atoms with Gasteiger partial charge in [0.05, 0.1) is 0 Å². The molecule has 1 saturated carbocycles. The molecule has 0 aromatic heterocycles. The topological polar surface area (TPSA) is 0 Å². The fraction of sp³-hybridized carbons (Fsp3) is 1.00. The van der Waals surface area contributed by atoms with Gasteiger partial charge in [0.2, 0.25) is 0 Å². The summed E-state index contributed by atoms with van der Waals surface area (Å²) >= 11 is 0. The zero-order valence-electron chi connectivity index (χ0n) is 9.22. The van der Waals surface area contributed by atoms with E-state index >= 15 is 0 Å². The van der Waals surface area contributed by atoms with E-state index in [9.17, 15) is 0 Å². The first-order valence-corrected chi connectivity index (χ1v) is 8.37. The van der Waals surface area contributed by atoms with Crippen molar-refractivity contribution in [1.29, 1.82) is 0 Å². The average molecular weight is 200 g/mol. The standard InChI is InChI=1S/C12H24S/c1-11-8-9-13(2,10-11)12-6-4-3-5-7-12/h11-12H,3-10H2,1-2H3. The van der Waals surface area contributed by atoms with Crippen LogP contribution >= 0.6 is 10.0 Å². The molecule has 0 bridgehead atoms. The molecule has 2 atom stereocenters. The monoisotopic (exact) mass is 200 g/mol. The van der Waals surface area contributed by atoms with Crippen LogP contribution in [-0.4, -0.2) is 23.0 Å². The van der Waals surface area contributed by atoms with E-state index in [0.717, 1.165) is 11.2 Å². The third kappa shape index (κ3) is 2.06. The molecule has 0 aromatic rings. The molecule has 0 spiro atoms. The van der Waals surface area contributed by atoms with Crippen molar-refractivity contribution in [3.8, 4) is 0 Å². The molecule has 0 nitrogen and oxygen atoms in total. The van der Waals surface area contributed by atoms with Gasteiger partial charge in [-0.2, -0.15) is 0 Å². The molecule has 13 heavy (non-hydrogen) atoms. The average Bonchev–Trinajstić information content (AvgIpc) is 2.49. The first-order chi connectivity index (χ1) is 6.21. The minimum Gasteiger partial charge on any atom is -0.241 e. The number of hydrogen-bond donors (Lipinski definition) is 0. The van der Waals surface area contributed by atoms with Gasteiger partial charge in [-0.1, -0.05) is 26.2 Å². The van der Waals surface area contributed by atoms with Crippen LogP contribution in [0.15, 0.2) is 0 Å². The van der Waals surface area contributed by atoms with E-state index in [2.05, 4.69) is 13.2 Å². The van der Waals surface area contributed by atoms with Crippen molar-refractivity contribution >= 4 is 10.0 Å². The second kappa shape index (κ2) is 3.84. The Morgan fingerprint density at radius 1 is 1.00 bits per heavy atom. The molecule has 2 aliphatic rings. The predicted octanol–water partition coefficient (Wildman–Crippen LogP) is 3.79. The summed E-state index contributed by atoms with van der Waals surface area (Å²) in [6.45, 7) is 2.46. The lowest BCUT2D eigenvalue weighted by Crippen LogP contribution is -2.22. The first kappa shape index (κ1) is 9.89. The molecule has 0 aromatic carbocycles. The molecule has 0 radical (unpaired) electrons. The zero-order valence-corrected chi connectivity index (χ0v) is 10.0. The molecule has 78 valence electrons. The van der Waals surface area contributed by atoms with Gasteiger partial charge in [-0.05, 0) is 48.2 Å². The highest BCUT2D eigenvalue weighted by atomic mass is 32.3. The van der Waals surface area contributed by atoms with Gasteiger partial charge in [-0.25, -0.2) is 10.0 Å². The van der Waals surface area contributed by atoms with E-state index in [1.165, 1.54) is 25.7 Å². The summed E-state index contributed by atoms with van der Waals surface area (Å²) in [5, 5.41) is 1.16. The number of hydrogen-bond acceptors (Lipinski definition) is 0. The van der Waals surface area contributed by atoms with Crippen molar-refractivity contribution < 1.29 is 0 Å². The maximum Gasteiger partial charge on any atom is -0.0114 e. The predicted molar refractivity (Wildman–Crippen MR) is 63.9 cm³/mol. The van der Waals surface area contributed by atoms with Crippen LogP contribution in [0.5, 0.6) is 0 Å². The lowest BCUT2D eigenvalue weighted by molar-refractivity contribution is 0.512. The van der Waals surface area contributed by atoms with Gasteiger partial charge < -0.3 is 0 Å². The van der Waals surface area contributed by atoms with Crippen LogP contribution in [0.1, 0.15) is 45.4 Å². The van der Waals surface area contributed by atoms with E-state index in [4.69, 9.17) is 0 Å². The van der Waals surface area contributed by atoms with Crippen LogP contribution in [0.25, 0.3) is 0 Å². The van der Waals surface area contributed by atoms with E-state index in [1.54, 1.807) is 24.3 Å². The van der Waals surface area contributed by atoms with E-state index in [1.807, 2.05) is 0 Å². The summed E-state index contributed by atoms with van der Waals surface area (Å²) in [5.41, 5.74) is 0. The molecule has 2 fully saturated rings. The molecular weight excluding hydrogens is 176 g/mol. The van der Waals surface area contributed by atoms with Gasteiger partial charge >= 0.3 is 0 Å². The first-order valence-electron chi connectivity index (χ1n) is 5.93. The van der Waals surface area contributed by atoms with Crippen LogP contribution in [0.3, 0.4) is 0 Å². The molecule has 0 amide bonds. The van der Waals surface area contributed by atoms with Gasteiger partial charge in [0, 0.05) is 0 Å². The molecule has 1 saturated heterocycles. The van der Waals surface area contributed by atoms with Crippen molar-refractivity contribution in [2.24, 2.45) is 5.92 Å². The third-order valence-corrected chi connectivity index (χ3v) is 8.68. The molecule has 0 N–H and O–H groups in total. The van der Waals surface area contributed by atoms with Gasteiger partial charge in [0.15, 0.2) is 0 Å². The minimum absolute atomic E-state index is 0.155. The van der Waals surface area contributed by atoms with Crippen molar-refractivity contribution in [1.82, 2.24) is 0 Å². The highest BCUT2D eigenvalue weighted by Gasteiger charge is 2.35. The largest absolute Gasteiger partial charge is 0.241 e. The molecular formula is C12H24S. The second-order valence-electron chi connectivity index (χ2n) is 5.38. The van der Waals surface area contributed by atoms with Gasteiger partial charge in [-0.15, -0.1) is 0 Å². The normalized spacial score (nSPS) is 47.4. The molecule has 1 aliphatic carbocycles. The minimum atomic E-state index is -0.155. The fourth-order valence-corrected chi connectivity index (χ4v) is 7.87. The van der Waals surface area contributed by atoms with Crippen LogP contribution in [0, 0.1) is 5.92 Å². The fourth-order valence-electron chi connectivity index (χ4n) is 3.22. The van der Waals surface area contributed by atoms with Crippen LogP contribution in [0.2, 0.25) is 0 Å². The zero-order chi connectivity index (χ0) is 9.31. The van der Waals surface area contributed by atoms with E-state index in [0.29, 0.717) is 0 Å². The molecule has 1 aliphatic heterocycles. The summed E-state index contributed by atoms with van der Waals surface area (Å²) in [6.07, 6.45) is 11.9. The summed E-state index contributed by atoms with van der Waals surface area (Å²) in [6, 6.07) is 0. The molecule has 1 heteroatoms. The lowest BCUT2D eigenvalue weighted by atomic mass is 10.0. The van der Waals surface area contributed by atoms with Crippen LogP contribution < -0.4 is 0 Å². The van der Waals surface area contributed by atoms with Gasteiger partial charge in [0.1, 0.15) is 0 Å². The number of rotatable bonds is 1. The second-order valence-corrected chi connectivity index (χ2v) is 9.48. The summed E-state index contributed by atoms with van der Waals surface area (Å²) in [7, 11) is -0.155. The molecule has 1 heterocycles. The Morgan fingerprint density at radius 2 is 1.69 bits per heavy atom. The third-order valence-electron chi connectivity index (χ3n) is 4.10. The Bertz CT molecular complexity index is 172. The molecule has 2 unspecified atom stereocenters.